The number of alkyl halides is 3. The molecule has 0 spiro atoms. The lowest BCUT2D eigenvalue weighted by Crippen LogP contribution is -2.52. The smallest absolute Gasteiger partial charge is 0.323 e. The molecule has 2 heterocycles. The number of hydrogen-bond acceptors (Lipinski definition) is 3. The Hall–Kier alpha value is -1.31. The minimum atomic E-state index is -4.23. The summed E-state index contributed by atoms with van der Waals surface area (Å²) in [7, 11) is 0. The van der Waals surface area contributed by atoms with Crippen molar-refractivity contribution in [3.05, 3.63) is 0 Å². The van der Waals surface area contributed by atoms with Gasteiger partial charge in [-0.05, 0) is 45.1 Å². The number of nitrogens with one attached hydrogen (secondary N) is 1. The van der Waals surface area contributed by atoms with Crippen molar-refractivity contribution in [2.45, 2.75) is 63.6 Å². The third-order valence-corrected chi connectivity index (χ3v) is 6.03. The van der Waals surface area contributed by atoms with Crippen LogP contribution in [-0.4, -0.2) is 53.2 Å². The second kappa shape index (κ2) is 6.78. The van der Waals surface area contributed by atoms with Crippen LogP contribution < -0.4 is 5.32 Å². The lowest BCUT2D eigenvalue weighted by molar-refractivity contribution is -0.187. The van der Waals surface area contributed by atoms with E-state index in [0.29, 0.717) is 13.0 Å². The van der Waals surface area contributed by atoms with Crippen LogP contribution in [0.3, 0.4) is 0 Å². The second-order valence-electron chi connectivity index (χ2n) is 7.80. The first-order chi connectivity index (χ1) is 11.7. The van der Waals surface area contributed by atoms with Gasteiger partial charge in [0.25, 0.3) is 5.91 Å². The molecule has 3 amide bonds. The molecule has 0 aromatic heterocycles. The van der Waals surface area contributed by atoms with Gasteiger partial charge in [0, 0.05) is 6.54 Å². The molecule has 0 aromatic carbocycles. The predicted octanol–water partition coefficient (Wildman–Crippen LogP) is 3.11. The molecular formula is C17H26F3N3O2. The largest absolute Gasteiger partial charge is 0.393 e. The number of nitrogens with zero attached hydrogens (tertiary/aromatic N) is 2. The third-order valence-electron chi connectivity index (χ3n) is 6.03. The van der Waals surface area contributed by atoms with E-state index >= 15 is 0 Å². The van der Waals surface area contributed by atoms with E-state index in [-0.39, 0.29) is 31.5 Å². The van der Waals surface area contributed by atoms with Crippen molar-refractivity contribution >= 4 is 11.9 Å². The number of rotatable bonds is 3. The van der Waals surface area contributed by atoms with Crippen LogP contribution in [0.1, 0.15) is 51.9 Å². The Morgan fingerprint density at radius 3 is 2.44 bits per heavy atom. The van der Waals surface area contributed by atoms with Crippen LogP contribution in [-0.2, 0) is 4.79 Å². The van der Waals surface area contributed by atoms with Gasteiger partial charge in [0.2, 0.25) is 0 Å². The number of likely N-dealkylation sites (tertiary alicyclic amines) is 1. The topological polar surface area (TPSA) is 52.7 Å². The predicted molar refractivity (Wildman–Crippen MR) is 85.6 cm³/mol. The fourth-order valence-electron chi connectivity index (χ4n) is 4.45. The van der Waals surface area contributed by atoms with E-state index in [1.807, 2.05) is 0 Å². The van der Waals surface area contributed by atoms with Crippen LogP contribution in [0, 0.1) is 11.8 Å². The minimum absolute atomic E-state index is 0.0560. The summed E-state index contributed by atoms with van der Waals surface area (Å²) < 4.78 is 38.9. The summed E-state index contributed by atoms with van der Waals surface area (Å²) in [5.41, 5.74) is -0.920. The molecule has 0 radical (unpaired) electrons. The molecule has 5 nitrogen and oxygen atoms in total. The fraction of sp³-hybridized carbons (Fsp3) is 0.882. The Balaban J connectivity index is 1.66. The quantitative estimate of drug-likeness (QED) is 0.786. The molecule has 25 heavy (non-hydrogen) atoms. The molecule has 3 aliphatic rings. The zero-order valence-corrected chi connectivity index (χ0v) is 14.6. The van der Waals surface area contributed by atoms with Gasteiger partial charge in [-0.3, -0.25) is 9.69 Å². The number of carbonyl (C=O) groups is 2. The van der Waals surface area contributed by atoms with Crippen molar-refractivity contribution in [1.29, 1.82) is 0 Å². The third kappa shape index (κ3) is 3.64. The van der Waals surface area contributed by atoms with Crippen LogP contribution in [0.2, 0.25) is 0 Å². The van der Waals surface area contributed by atoms with Crippen LogP contribution in [0.5, 0.6) is 0 Å². The maximum absolute atomic E-state index is 13.0. The maximum Gasteiger partial charge on any atom is 0.393 e. The highest BCUT2D eigenvalue weighted by molar-refractivity contribution is 6.07. The first-order valence-electron chi connectivity index (χ1n) is 9.15. The molecule has 2 aliphatic heterocycles. The molecule has 1 saturated carbocycles. The first-order valence-corrected chi connectivity index (χ1v) is 9.15. The number of imide groups is 1. The highest BCUT2D eigenvalue weighted by atomic mass is 19.4. The van der Waals surface area contributed by atoms with E-state index in [9.17, 15) is 22.8 Å². The summed E-state index contributed by atoms with van der Waals surface area (Å²) in [4.78, 5) is 27.9. The second-order valence-corrected chi connectivity index (χ2v) is 7.80. The molecular weight excluding hydrogens is 335 g/mol. The van der Waals surface area contributed by atoms with Gasteiger partial charge in [-0.1, -0.05) is 19.3 Å². The summed E-state index contributed by atoms with van der Waals surface area (Å²) in [6.07, 6.45) is 1.34. The molecule has 0 aromatic rings. The maximum atomic E-state index is 13.0. The zero-order valence-electron chi connectivity index (χ0n) is 14.6. The van der Waals surface area contributed by atoms with Crippen molar-refractivity contribution in [3.8, 4) is 0 Å². The molecule has 1 aliphatic carbocycles. The van der Waals surface area contributed by atoms with Gasteiger partial charge >= 0.3 is 12.2 Å². The Morgan fingerprint density at radius 2 is 1.80 bits per heavy atom. The van der Waals surface area contributed by atoms with Gasteiger partial charge in [0.05, 0.1) is 12.6 Å². The number of urea groups is 1. The number of halogens is 3. The lowest BCUT2D eigenvalue weighted by atomic mass is 9.75. The zero-order chi connectivity index (χ0) is 18.2. The van der Waals surface area contributed by atoms with Gasteiger partial charge in [0.1, 0.15) is 5.54 Å². The summed E-state index contributed by atoms with van der Waals surface area (Å²) >= 11 is 0. The van der Waals surface area contributed by atoms with Crippen molar-refractivity contribution < 1.29 is 22.8 Å². The molecule has 3 fully saturated rings. The Morgan fingerprint density at radius 1 is 1.12 bits per heavy atom. The van der Waals surface area contributed by atoms with Crippen molar-refractivity contribution in [2.24, 2.45) is 11.8 Å². The van der Waals surface area contributed by atoms with Gasteiger partial charge in [0.15, 0.2) is 0 Å². The molecule has 0 bridgehead atoms. The highest BCUT2D eigenvalue weighted by Crippen LogP contribution is 2.37. The standard InChI is InChI=1S/C17H26F3N3O2/c1-16(12-6-3-2-4-7-12)14(24)23(15(25)21-16)11-22-9-5-8-13(10-22)17(18,19)20/h12-13H,2-11H2,1H3,(H,21,25)/t13-,16-/m0/s1. The van der Waals surface area contributed by atoms with Crippen molar-refractivity contribution in [3.63, 3.8) is 0 Å². The fourth-order valence-corrected chi connectivity index (χ4v) is 4.45. The van der Waals surface area contributed by atoms with E-state index in [0.717, 1.165) is 37.0 Å². The Labute approximate surface area is 145 Å². The average molecular weight is 361 g/mol. The number of hydrogen-bond donors (Lipinski definition) is 1. The van der Waals surface area contributed by atoms with Crippen molar-refractivity contribution in [2.75, 3.05) is 19.8 Å². The molecule has 3 rings (SSSR count). The molecule has 142 valence electrons. The van der Waals surface area contributed by atoms with Gasteiger partial charge in [-0.15, -0.1) is 0 Å². The van der Waals surface area contributed by atoms with E-state index in [1.54, 1.807) is 11.8 Å². The van der Waals surface area contributed by atoms with Crippen LogP contribution in [0.4, 0.5) is 18.0 Å². The highest BCUT2D eigenvalue weighted by Gasteiger charge is 2.53. The van der Waals surface area contributed by atoms with Crippen LogP contribution in [0.25, 0.3) is 0 Å². The minimum Gasteiger partial charge on any atom is -0.323 e. The summed E-state index contributed by atoms with van der Waals surface area (Å²) in [6, 6.07) is -0.479. The Bertz CT molecular complexity index is 534. The Kier molecular flexibility index (Phi) is 5.01. The van der Waals surface area contributed by atoms with Crippen LogP contribution in [0.15, 0.2) is 0 Å². The number of amides is 3. The van der Waals surface area contributed by atoms with Crippen LogP contribution >= 0.6 is 0 Å². The summed E-state index contributed by atoms with van der Waals surface area (Å²) in [6.45, 7) is 2.03. The SMILES string of the molecule is C[C@@]1(C2CCCCC2)NC(=O)N(CN2CCC[C@H](C(F)(F)F)C2)C1=O. The molecule has 8 heteroatoms. The molecule has 2 atom stereocenters. The van der Waals surface area contributed by atoms with Gasteiger partial charge in [-0.25, -0.2) is 9.69 Å². The van der Waals surface area contributed by atoms with E-state index in [2.05, 4.69) is 5.32 Å². The van der Waals surface area contributed by atoms with E-state index in [4.69, 9.17) is 0 Å². The molecule has 2 saturated heterocycles. The van der Waals surface area contributed by atoms with Gasteiger partial charge in [-0.2, -0.15) is 13.2 Å². The first kappa shape index (κ1) is 18.5. The molecule has 1 N–H and O–H groups in total. The van der Waals surface area contributed by atoms with Crippen molar-refractivity contribution in [1.82, 2.24) is 15.1 Å². The number of carbonyl (C=O) groups excluding carboxylic acids is 2. The average Bonchev–Trinajstić information content (AvgIpc) is 2.80. The van der Waals surface area contributed by atoms with E-state index in [1.165, 1.54) is 0 Å². The molecule has 0 unspecified atom stereocenters. The lowest BCUT2D eigenvalue weighted by Gasteiger charge is -2.36. The summed E-state index contributed by atoms with van der Waals surface area (Å²) in [5.74, 6) is -1.57. The monoisotopic (exact) mass is 361 g/mol. The normalized spacial score (nSPS) is 33.0. The summed E-state index contributed by atoms with van der Waals surface area (Å²) in [5, 5.41) is 2.82. The number of piperidine rings is 1. The van der Waals surface area contributed by atoms with E-state index < -0.39 is 23.7 Å². The van der Waals surface area contributed by atoms with Gasteiger partial charge < -0.3 is 5.32 Å².